The number of primary amides is 1. The number of carbonyl (C=O) groups is 3. The number of carbonyl (C=O) groups excluding carboxylic acids is 3. The number of amides is 3. The lowest BCUT2D eigenvalue weighted by molar-refractivity contribution is -0.116. The molecule has 29 heavy (non-hydrogen) atoms. The highest BCUT2D eigenvalue weighted by atomic mass is 32.1. The first-order valence-corrected chi connectivity index (χ1v) is 9.85. The molecule has 0 aliphatic heterocycles. The van der Waals surface area contributed by atoms with Gasteiger partial charge in [-0.15, -0.1) is 11.3 Å². The molecule has 9 heteroatoms. The Balaban J connectivity index is 1.56. The highest BCUT2D eigenvalue weighted by Gasteiger charge is 2.20. The molecule has 3 aromatic rings. The molecule has 3 rings (SSSR count). The van der Waals surface area contributed by atoms with E-state index in [0.717, 1.165) is 4.88 Å². The van der Waals surface area contributed by atoms with Gasteiger partial charge in [0.15, 0.2) is 11.5 Å². The van der Waals surface area contributed by atoms with Crippen molar-refractivity contribution in [3.63, 3.8) is 0 Å². The van der Waals surface area contributed by atoms with E-state index >= 15 is 0 Å². The third kappa shape index (κ3) is 5.08. The fraction of sp³-hybridized carbons (Fsp3) is 0.200. The highest BCUT2D eigenvalue weighted by molar-refractivity contribution is 7.13. The molecule has 8 nitrogen and oxygen atoms in total. The summed E-state index contributed by atoms with van der Waals surface area (Å²) in [6, 6.07) is 11.7. The average Bonchev–Trinajstić information content (AvgIpc) is 3.40. The van der Waals surface area contributed by atoms with Crippen molar-refractivity contribution >= 4 is 34.7 Å². The van der Waals surface area contributed by atoms with Gasteiger partial charge < -0.3 is 20.5 Å². The second-order valence-corrected chi connectivity index (χ2v) is 7.13. The molecule has 0 spiro atoms. The predicted molar refractivity (Wildman–Crippen MR) is 110 cm³/mol. The van der Waals surface area contributed by atoms with Crippen LogP contribution in [0.1, 0.15) is 34.2 Å². The Kier molecular flexibility index (Phi) is 6.40. The van der Waals surface area contributed by atoms with Crippen LogP contribution < -0.4 is 11.1 Å². The van der Waals surface area contributed by atoms with Crippen molar-refractivity contribution < 1.29 is 18.9 Å². The lowest BCUT2D eigenvalue weighted by atomic mass is 10.2. The van der Waals surface area contributed by atoms with E-state index in [1.54, 1.807) is 18.2 Å². The molecule has 3 N–H and O–H groups in total. The third-order valence-electron chi connectivity index (χ3n) is 4.22. The Morgan fingerprint density at radius 3 is 2.59 bits per heavy atom. The molecule has 0 radical (unpaired) electrons. The van der Waals surface area contributed by atoms with Gasteiger partial charge in [0.2, 0.25) is 11.8 Å². The summed E-state index contributed by atoms with van der Waals surface area (Å²) in [5, 5.41) is 8.50. The lowest BCUT2D eigenvalue weighted by Crippen LogP contribution is -2.33. The summed E-state index contributed by atoms with van der Waals surface area (Å²) in [4.78, 5) is 38.4. The van der Waals surface area contributed by atoms with Crippen LogP contribution in [-0.4, -0.2) is 40.9 Å². The maximum absolute atomic E-state index is 12.7. The normalized spacial score (nSPS) is 10.5. The maximum Gasteiger partial charge on any atom is 0.276 e. The lowest BCUT2D eigenvalue weighted by Gasteiger charge is -2.19. The summed E-state index contributed by atoms with van der Waals surface area (Å²) in [6.07, 6.45) is 0.118. The molecule has 0 bridgehead atoms. The molecule has 0 fully saturated rings. The zero-order valence-corrected chi connectivity index (χ0v) is 16.6. The van der Waals surface area contributed by atoms with Crippen molar-refractivity contribution in [2.45, 2.75) is 13.3 Å². The van der Waals surface area contributed by atoms with Crippen molar-refractivity contribution in [1.29, 1.82) is 0 Å². The molecule has 0 aliphatic rings. The smallest absolute Gasteiger partial charge is 0.276 e. The van der Waals surface area contributed by atoms with Gasteiger partial charge in [-0.05, 0) is 42.6 Å². The molecule has 0 unspecified atom stereocenters. The van der Waals surface area contributed by atoms with Gasteiger partial charge in [0, 0.05) is 36.8 Å². The summed E-state index contributed by atoms with van der Waals surface area (Å²) < 4.78 is 5.26. The first kappa shape index (κ1) is 20.3. The van der Waals surface area contributed by atoms with E-state index in [1.165, 1.54) is 28.4 Å². The summed E-state index contributed by atoms with van der Waals surface area (Å²) in [6.45, 7) is 2.50. The minimum Gasteiger partial charge on any atom is -0.366 e. The molecule has 2 heterocycles. The second kappa shape index (κ2) is 9.16. The van der Waals surface area contributed by atoms with Crippen LogP contribution in [0.3, 0.4) is 0 Å². The molecule has 0 aliphatic carbocycles. The number of anilines is 1. The molecule has 0 saturated heterocycles. The van der Waals surface area contributed by atoms with E-state index in [9.17, 15) is 14.4 Å². The maximum atomic E-state index is 12.7. The van der Waals surface area contributed by atoms with Gasteiger partial charge in [-0.2, -0.15) is 0 Å². The van der Waals surface area contributed by atoms with Gasteiger partial charge in [-0.25, -0.2) is 0 Å². The topological polar surface area (TPSA) is 119 Å². The van der Waals surface area contributed by atoms with E-state index in [4.69, 9.17) is 10.3 Å². The van der Waals surface area contributed by atoms with Gasteiger partial charge in [0.1, 0.15) is 0 Å². The number of benzene rings is 1. The van der Waals surface area contributed by atoms with E-state index in [2.05, 4.69) is 10.5 Å². The molecule has 150 valence electrons. The van der Waals surface area contributed by atoms with Gasteiger partial charge in [0.05, 0.1) is 4.88 Å². The Morgan fingerprint density at radius 2 is 1.97 bits per heavy atom. The van der Waals surface area contributed by atoms with Crippen LogP contribution in [-0.2, 0) is 4.79 Å². The fourth-order valence-electron chi connectivity index (χ4n) is 2.65. The zero-order valence-electron chi connectivity index (χ0n) is 15.8. The average molecular weight is 412 g/mol. The van der Waals surface area contributed by atoms with E-state index in [1.807, 2.05) is 24.4 Å². The highest BCUT2D eigenvalue weighted by Crippen LogP contribution is 2.25. The fourth-order valence-corrected chi connectivity index (χ4v) is 3.33. The van der Waals surface area contributed by atoms with Crippen molar-refractivity contribution in [3.05, 3.63) is 59.1 Å². The first-order valence-electron chi connectivity index (χ1n) is 8.97. The summed E-state index contributed by atoms with van der Waals surface area (Å²) in [5.74, 6) is -0.535. The van der Waals surface area contributed by atoms with Gasteiger partial charge in [0.25, 0.3) is 5.91 Å². The minimum atomic E-state index is -0.532. The Morgan fingerprint density at radius 1 is 1.21 bits per heavy atom. The van der Waals surface area contributed by atoms with Crippen LogP contribution in [0.2, 0.25) is 0 Å². The number of aromatic nitrogens is 1. The molecule has 0 saturated carbocycles. The summed E-state index contributed by atoms with van der Waals surface area (Å²) in [5.41, 5.74) is 6.31. The van der Waals surface area contributed by atoms with Crippen LogP contribution >= 0.6 is 11.3 Å². The number of hydrogen-bond acceptors (Lipinski definition) is 6. The van der Waals surface area contributed by atoms with E-state index in [-0.39, 0.29) is 30.5 Å². The quantitative estimate of drug-likeness (QED) is 0.590. The number of nitrogens with two attached hydrogens (primary N) is 1. The Labute approximate surface area is 171 Å². The Bertz CT molecular complexity index is 996. The first-order chi connectivity index (χ1) is 14.0. The zero-order chi connectivity index (χ0) is 20.8. The van der Waals surface area contributed by atoms with Crippen molar-refractivity contribution in [3.8, 4) is 10.6 Å². The van der Waals surface area contributed by atoms with E-state index < -0.39 is 5.91 Å². The largest absolute Gasteiger partial charge is 0.366 e. The number of hydrogen-bond donors (Lipinski definition) is 2. The van der Waals surface area contributed by atoms with Gasteiger partial charge >= 0.3 is 0 Å². The molecular formula is C20H20N4O4S. The van der Waals surface area contributed by atoms with Gasteiger partial charge in [-0.3, -0.25) is 14.4 Å². The number of nitrogens with one attached hydrogen (secondary N) is 1. The standard InChI is InChI=1S/C20H20N4O4S/c1-2-24(20(27)15-12-16(28-23-15)17-4-3-11-29-17)10-9-18(25)22-14-7-5-13(6-8-14)19(21)26/h3-8,11-12H,2,9-10H2,1H3,(H2,21,26)(H,22,25). The van der Waals surface area contributed by atoms with Crippen LogP contribution in [0.4, 0.5) is 5.69 Å². The van der Waals surface area contributed by atoms with Crippen LogP contribution in [0.5, 0.6) is 0 Å². The van der Waals surface area contributed by atoms with Gasteiger partial charge in [-0.1, -0.05) is 11.2 Å². The van der Waals surface area contributed by atoms with Crippen molar-refractivity contribution in [1.82, 2.24) is 10.1 Å². The predicted octanol–water partition coefficient (Wildman–Crippen LogP) is 2.99. The molecular weight excluding hydrogens is 392 g/mol. The van der Waals surface area contributed by atoms with Crippen molar-refractivity contribution in [2.75, 3.05) is 18.4 Å². The van der Waals surface area contributed by atoms with E-state index in [0.29, 0.717) is 23.6 Å². The monoisotopic (exact) mass is 412 g/mol. The molecule has 3 amide bonds. The summed E-state index contributed by atoms with van der Waals surface area (Å²) in [7, 11) is 0. The number of nitrogens with zero attached hydrogens (tertiary/aromatic N) is 2. The SMILES string of the molecule is CCN(CCC(=O)Nc1ccc(C(N)=O)cc1)C(=O)c1cc(-c2cccs2)on1. The van der Waals surface area contributed by atoms with Crippen LogP contribution in [0.25, 0.3) is 10.6 Å². The second-order valence-electron chi connectivity index (χ2n) is 6.18. The molecule has 0 atom stereocenters. The summed E-state index contributed by atoms with van der Waals surface area (Å²) >= 11 is 1.50. The van der Waals surface area contributed by atoms with Crippen molar-refractivity contribution in [2.24, 2.45) is 5.73 Å². The van der Waals surface area contributed by atoms with Crippen LogP contribution in [0.15, 0.2) is 52.4 Å². The number of rotatable bonds is 8. The van der Waals surface area contributed by atoms with Crippen LogP contribution in [0, 0.1) is 0 Å². The molecule has 1 aromatic carbocycles. The minimum absolute atomic E-state index is 0.118. The Hall–Kier alpha value is -3.46. The third-order valence-corrected chi connectivity index (χ3v) is 5.11. The number of thiophene rings is 1. The molecule has 2 aromatic heterocycles.